The topological polar surface area (TPSA) is 24.7 Å². The summed E-state index contributed by atoms with van der Waals surface area (Å²) in [5.74, 6) is 0. The first-order valence-electron chi connectivity index (χ1n) is 4.41. The molecule has 0 saturated carbocycles. The van der Waals surface area contributed by atoms with Gasteiger partial charge in [-0.05, 0) is 25.0 Å². The minimum atomic E-state index is 0.900. The van der Waals surface area contributed by atoms with Gasteiger partial charge in [-0.2, -0.15) is 0 Å². The Labute approximate surface area is 79.1 Å². The molecule has 68 valence electrons. The second-order valence-electron chi connectivity index (χ2n) is 2.70. The lowest BCUT2D eigenvalue weighted by molar-refractivity contribution is 1.17. The normalized spacial score (nSPS) is 22.2. The van der Waals surface area contributed by atoms with E-state index in [0.717, 1.165) is 17.8 Å². The Hall–Kier alpha value is -1.44. The van der Waals surface area contributed by atoms with E-state index in [1.165, 1.54) is 5.57 Å². The van der Waals surface area contributed by atoms with Crippen LogP contribution in [0, 0.1) is 0 Å². The summed E-state index contributed by atoms with van der Waals surface area (Å²) in [5.41, 5.74) is 3.01. The average molecular weight is 174 g/mol. The first-order chi connectivity index (χ1) is 6.31. The highest BCUT2D eigenvalue weighted by molar-refractivity contribution is 6.14. The molecule has 0 fully saturated rings. The Bertz CT molecular complexity index is 317. The third kappa shape index (κ3) is 2.25. The fourth-order valence-electron chi connectivity index (χ4n) is 1.12. The van der Waals surface area contributed by atoms with Crippen LogP contribution in [0.2, 0.25) is 0 Å². The highest BCUT2D eigenvalue weighted by Gasteiger charge is 2.06. The minimum absolute atomic E-state index is 0.900. The predicted molar refractivity (Wildman–Crippen MR) is 58.3 cm³/mol. The van der Waals surface area contributed by atoms with Gasteiger partial charge in [-0.25, -0.2) is 0 Å². The van der Waals surface area contributed by atoms with Crippen LogP contribution in [-0.2, 0) is 0 Å². The van der Waals surface area contributed by atoms with Gasteiger partial charge < -0.3 is 0 Å². The number of allylic oxidation sites excluding steroid dienone is 3. The molecule has 13 heavy (non-hydrogen) atoms. The Morgan fingerprint density at radius 2 is 2.38 bits per heavy atom. The van der Waals surface area contributed by atoms with Crippen molar-refractivity contribution >= 4 is 11.9 Å². The van der Waals surface area contributed by atoms with Gasteiger partial charge in [-0.1, -0.05) is 19.6 Å². The lowest BCUT2D eigenvalue weighted by Crippen LogP contribution is -2.04. The van der Waals surface area contributed by atoms with E-state index in [-0.39, 0.29) is 0 Å². The number of dihydropyridines is 1. The van der Waals surface area contributed by atoms with Crippen molar-refractivity contribution in [3.8, 4) is 0 Å². The molecule has 0 saturated heterocycles. The molecular formula is C11H14N2. The molecule has 1 aliphatic heterocycles. The zero-order valence-corrected chi connectivity index (χ0v) is 8.12. The molecule has 1 rings (SSSR count). The fourth-order valence-corrected chi connectivity index (χ4v) is 1.12. The van der Waals surface area contributed by atoms with Crippen LogP contribution in [0.15, 0.2) is 46.2 Å². The second-order valence-corrected chi connectivity index (χ2v) is 2.70. The van der Waals surface area contributed by atoms with E-state index in [4.69, 9.17) is 0 Å². The Kier molecular flexibility index (Phi) is 3.38. The number of rotatable bonds is 2. The Morgan fingerprint density at radius 1 is 1.62 bits per heavy atom. The second kappa shape index (κ2) is 4.55. The molecule has 0 aromatic heterocycles. The van der Waals surface area contributed by atoms with Crippen LogP contribution in [0.25, 0.3) is 0 Å². The third-order valence-electron chi connectivity index (χ3n) is 1.87. The molecule has 2 nitrogen and oxygen atoms in total. The highest BCUT2D eigenvalue weighted by atomic mass is 14.8. The third-order valence-corrected chi connectivity index (χ3v) is 1.87. The van der Waals surface area contributed by atoms with Crippen molar-refractivity contribution in [1.29, 1.82) is 0 Å². The summed E-state index contributed by atoms with van der Waals surface area (Å²) < 4.78 is 0. The minimum Gasteiger partial charge on any atom is -0.255 e. The quantitative estimate of drug-likeness (QED) is 0.615. The van der Waals surface area contributed by atoms with E-state index in [1.807, 2.05) is 25.3 Å². The first-order valence-corrected chi connectivity index (χ1v) is 4.41. The van der Waals surface area contributed by atoms with Gasteiger partial charge in [0.1, 0.15) is 0 Å². The molecule has 0 N–H and O–H groups in total. The maximum atomic E-state index is 4.29. The average Bonchev–Trinajstić information content (AvgIpc) is 2.18. The van der Waals surface area contributed by atoms with Crippen molar-refractivity contribution in [2.24, 2.45) is 9.98 Å². The SMILES string of the molecule is C=CN=C1C=C(CC)C=N/C1=C/C. The van der Waals surface area contributed by atoms with Gasteiger partial charge in [0, 0.05) is 12.4 Å². The Morgan fingerprint density at radius 3 is 2.92 bits per heavy atom. The molecule has 2 heteroatoms. The predicted octanol–water partition coefficient (Wildman–Crippen LogP) is 2.90. The van der Waals surface area contributed by atoms with E-state index in [0.29, 0.717) is 0 Å². The van der Waals surface area contributed by atoms with Gasteiger partial charge in [-0.15, -0.1) is 0 Å². The van der Waals surface area contributed by atoms with E-state index >= 15 is 0 Å². The van der Waals surface area contributed by atoms with E-state index in [9.17, 15) is 0 Å². The summed E-state index contributed by atoms with van der Waals surface area (Å²) in [6.07, 6.45) is 8.41. The number of aliphatic imine (C=N–C) groups is 2. The summed E-state index contributed by atoms with van der Waals surface area (Å²) >= 11 is 0. The molecule has 1 heterocycles. The van der Waals surface area contributed by atoms with Crippen LogP contribution >= 0.6 is 0 Å². The van der Waals surface area contributed by atoms with Crippen LogP contribution in [0.3, 0.4) is 0 Å². The number of hydrogen-bond acceptors (Lipinski definition) is 2. The van der Waals surface area contributed by atoms with Crippen molar-refractivity contribution in [3.63, 3.8) is 0 Å². The molecule has 0 bridgehead atoms. The summed E-state index contributed by atoms with van der Waals surface area (Å²) in [5, 5.41) is 0. The lowest BCUT2D eigenvalue weighted by atomic mass is 10.1. The van der Waals surface area contributed by atoms with Crippen LogP contribution in [0.1, 0.15) is 20.3 Å². The van der Waals surface area contributed by atoms with Crippen LogP contribution < -0.4 is 0 Å². The molecule has 0 aromatic rings. The smallest absolute Gasteiger partial charge is 0.0885 e. The number of hydrogen-bond donors (Lipinski definition) is 0. The first kappa shape index (κ1) is 9.65. The standard InChI is InChI=1S/C11H14N2/c1-4-9-7-11(12-6-3)10(5-2)13-8-9/h5-8H,3-4H2,1-2H3/b10-5+,12-11?. The molecule has 0 radical (unpaired) electrons. The Balaban J connectivity index is 3.03. The van der Waals surface area contributed by atoms with Gasteiger partial charge in [-0.3, -0.25) is 9.98 Å². The van der Waals surface area contributed by atoms with Crippen LogP contribution in [0.4, 0.5) is 0 Å². The summed E-state index contributed by atoms with van der Waals surface area (Å²) in [4.78, 5) is 8.45. The molecule has 0 unspecified atom stereocenters. The van der Waals surface area contributed by atoms with Gasteiger partial charge in [0.05, 0.1) is 11.4 Å². The van der Waals surface area contributed by atoms with Crippen molar-refractivity contribution in [2.45, 2.75) is 20.3 Å². The van der Waals surface area contributed by atoms with Gasteiger partial charge >= 0.3 is 0 Å². The summed E-state index contributed by atoms with van der Waals surface area (Å²) in [6.45, 7) is 7.63. The molecule has 1 aliphatic rings. The fraction of sp³-hybridized carbons (Fsp3) is 0.273. The van der Waals surface area contributed by atoms with Crippen LogP contribution in [0.5, 0.6) is 0 Å². The van der Waals surface area contributed by atoms with E-state index in [2.05, 4.69) is 23.5 Å². The van der Waals surface area contributed by atoms with Crippen molar-refractivity contribution in [2.75, 3.05) is 0 Å². The van der Waals surface area contributed by atoms with Crippen molar-refractivity contribution in [3.05, 3.63) is 36.2 Å². The van der Waals surface area contributed by atoms with Gasteiger partial charge in [0.2, 0.25) is 0 Å². The summed E-state index contributed by atoms with van der Waals surface area (Å²) in [6, 6.07) is 0. The number of nitrogens with zero attached hydrogens (tertiary/aromatic N) is 2. The molecule has 0 spiro atoms. The monoisotopic (exact) mass is 174 g/mol. The zero-order valence-electron chi connectivity index (χ0n) is 8.12. The lowest BCUT2D eigenvalue weighted by Gasteiger charge is -2.08. The van der Waals surface area contributed by atoms with E-state index < -0.39 is 0 Å². The van der Waals surface area contributed by atoms with Gasteiger partial charge in [0.15, 0.2) is 0 Å². The summed E-state index contributed by atoms with van der Waals surface area (Å²) in [7, 11) is 0. The maximum absolute atomic E-state index is 4.29. The van der Waals surface area contributed by atoms with Gasteiger partial charge in [0.25, 0.3) is 0 Å². The zero-order chi connectivity index (χ0) is 9.68. The largest absolute Gasteiger partial charge is 0.255 e. The maximum Gasteiger partial charge on any atom is 0.0885 e. The molecular weight excluding hydrogens is 160 g/mol. The molecule has 0 amide bonds. The van der Waals surface area contributed by atoms with Crippen molar-refractivity contribution < 1.29 is 0 Å². The highest BCUT2D eigenvalue weighted by Crippen LogP contribution is 2.12. The van der Waals surface area contributed by atoms with E-state index in [1.54, 1.807) is 6.20 Å². The molecule has 0 aromatic carbocycles. The molecule has 0 aliphatic carbocycles. The molecule has 0 atom stereocenters. The van der Waals surface area contributed by atoms with Crippen LogP contribution in [-0.4, -0.2) is 11.9 Å². The van der Waals surface area contributed by atoms with Crippen molar-refractivity contribution in [1.82, 2.24) is 0 Å².